The number of ether oxygens (including phenoxy) is 2. The Morgan fingerprint density at radius 2 is 1.17 bits per heavy atom. The second-order valence-electron chi connectivity index (χ2n) is 3.97. The van der Waals surface area contributed by atoms with Crippen LogP contribution in [0.15, 0.2) is 0 Å². The molecule has 106 valence electrons. The Balaban J connectivity index is 3.50. The first-order valence-corrected chi connectivity index (χ1v) is 8.36. The molecule has 0 unspecified atom stereocenters. The highest BCUT2D eigenvalue weighted by molar-refractivity contribution is 8.89. The lowest BCUT2D eigenvalue weighted by molar-refractivity contribution is 0.262. The molecule has 4 nitrogen and oxygen atoms in total. The molecule has 0 saturated heterocycles. The molecule has 0 aliphatic rings. The average Bonchev–Trinajstić information content (AvgIpc) is 2.25. The Morgan fingerprint density at radius 3 is 1.44 bits per heavy atom. The lowest BCUT2D eigenvalue weighted by atomic mass is 10.6. The van der Waals surface area contributed by atoms with Gasteiger partial charge < -0.3 is 19.3 Å². The maximum absolute atomic E-state index is 5.35. The molecule has 0 saturated carbocycles. The molecule has 18 heavy (non-hydrogen) atoms. The Hall–Kier alpha value is 0.400. The van der Waals surface area contributed by atoms with Crippen molar-refractivity contribution in [2.75, 3.05) is 54.5 Å². The summed E-state index contributed by atoms with van der Waals surface area (Å²) in [6.45, 7) is 2.87. The largest absolute Gasteiger partial charge is 0.477 e. The molecule has 0 bridgehead atoms. The van der Waals surface area contributed by atoms with E-state index in [0.29, 0.717) is 22.0 Å². The minimum absolute atomic E-state index is 0.486. The fraction of sp³-hybridized carbons (Fsp3) is 0.800. The molecular weight excluding hydrogens is 308 g/mol. The minimum Gasteiger partial charge on any atom is -0.477 e. The van der Waals surface area contributed by atoms with Gasteiger partial charge in [-0.3, -0.25) is 0 Å². The summed E-state index contributed by atoms with van der Waals surface area (Å²) in [5, 5.41) is 0. The van der Waals surface area contributed by atoms with Gasteiger partial charge in [0.05, 0.1) is 0 Å². The van der Waals surface area contributed by atoms with Crippen LogP contribution in [0.2, 0.25) is 0 Å². The first-order chi connectivity index (χ1) is 8.41. The maximum atomic E-state index is 5.35. The predicted molar refractivity (Wildman–Crippen MR) is 89.4 cm³/mol. The van der Waals surface area contributed by atoms with Crippen LogP contribution >= 0.6 is 46.0 Å². The van der Waals surface area contributed by atoms with E-state index in [9.17, 15) is 0 Å². The van der Waals surface area contributed by atoms with Gasteiger partial charge in [0.1, 0.15) is 13.2 Å². The molecule has 0 aromatic heterocycles. The van der Waals surface area contributed by atoms with E-state index in [1.165, 1.54) is 21.6 Å². The van der Waals surface area contributed by atoms with E-state index in [0.717, 1.165) is 13.1 Å². The van der Waals surface area contributed by atoms with Crippen LogP contribution in [0.5, 0.6) is 0 Å². The second kappa shape index (κ2) is 11.2. The van der Waals surface area contributed by atoms with Crippen molar-refractivity contribution in [3.05, 3.63) is 0 Å². The fourth-order valence-corrected chi connectivity index (χ4v) is 2.61. The van der Waals surface area contributed by atoms with Gasteiger partial charge in [-0.15, -0.1) is 0 Å². The van der Waals surface area contributed by atoms with Crippen LogP contribution in [0.25, 0.3) is 0 Å². The lowest BCUT2D eigenvalue weighted by Gasteiger charge is -2.12. The van der Waals surface area contributed by atoms with E-state index in [2.05, 4.69) is 0 Å². The highest BCUT2D eigenvalue weighted by Crippen LogP contribution is 2.26. The predicted octanol–water partition coefficient (Wildman–Crippen LogP) is 2.09. The molecule has 0 rings (SSSR count). The normalized spacial score (nSPS) is 10.8. The molecule has 0 aliphatic carbocycles. The standard InChI is InChI=1S/C10H20N2O2S4/c1-11(2)5-7-13-9(15)17-18-10(16)14-8-6-12(3)4/h5-8H2,1-4H3. The third-order valence-electron chi connectivity index (χ3n) is 1.69. The molecule has 0 aromatic carbocycles. The van der Waals surface area contributed by atoms with Crippen LogP contribution in [0.1, 0.15) is 0 Å². The molecule has 0 fully saturated rings. The Morgan fingerprint density at radius 1 is 0.833 bits per heavy atom. The van der Waals surface area contributed by atoms with Gasteiger partial charge in [-0.25, -0.2) is 0 Å². The number of hydrogen-bond donors (Lipinski definition) is 0. The number of nitrogens with zero attached hydrogens (tertiary/aromatic N) is 2. The van der Waals surface area contributed by atoms with Crippen molar-refractivity contribution >= 4 is 54.8 Å². The molecule has 0 amide bonds. The quantitative estimate of drug-likeness (QED) is 0.540. The monoisotopic (exact) mass is 328 g/mol. The van der Waals surface area contributed by atoms with Gasteiger partial charge in [-0.2, -0.15) is 0 Å². The first kappa shape index (κ1) is 18.4. The molecule has 0 aliphatic heterocycles. The van der Waals surface area contributed by atoms with E-state index in [1.54, 1.807) is 0 Å². The van der Waals surface area contributed by atoms with Gasteiger partial charge in [0.2, 0.25) is 8.77 Å². The highest BCUT2D eigenvalue weighted by Gasteiger charge is 2.05. The van der Waals surface area contributed by atoms with Crippen LogP contribution in [-0.4, -0.2) is 73.1 Å². The van der Waals surface area contributed by atoms with Crippen LogP contribution in [0, 0.1) is 0 Å². The number of rotatable bonds is 6. The third-order valence-corrected chi connectivity index (χ3v) is 4.81. The van der Waals surface area contributed by atoms with Crippen LogP contribution in [0.4, 0.5) is 0 Å². The lowest BCUT2D eigenvalue weighted by Crippen LogP contribution is -2.19. The van der Waals surface area contributed by atoms with Crippen molar-refractivity contribution < 1.29 is 9.47 Å². The van der Waals surface area contributed by atoms with Gasteiger partial charge >= 0.3 is 0 Å². The molecule has 0 spiro atoms. The molecule has 0 aromatic rings. The van der Waals surface area contributed by atoms with Gasteiger partial charge in [-0.05, 0) is 52.6 Å². The van der Waals surface area contributed by atoms with E-state index >= 15 is 0 Å². The van der Waals surface area contributed by atoms with E-state index in [-0.39, 0.29) is 0 Å². The van der Waals surface area contributed by atoms with Gasteiger partial charge in [0.25, 0.3) is 0 Å². The van der Waals surface area contributed by atoms with Crippen molar-refractivity contribution in [1.29, 1.82) is 0 Å². The number of thiocarbonyl (C=S) groups is 2. The van der Waals surface area contributed by atoms with E-state index in [4.69, 9.17) is 33.9 Å². The second-order valence-corrected chi connectivity index (χ2v) is 7.30. The maximum Gasteiger partial charge on any atom is 0.231 e. The van der Waals surface area contributed by atoms with E-state index in [1.807, 2.05) is 38.0 Å². The smallest absolute Gasteiger partial charge is 0.231 e. The zero-order chi connectivity index (χ0) is 14.0. The summed E-state index contributed by atoms with van der Waals surface area (Å²) in [6.07, 6.45) is 0. The Kier molecular flexibility index (Phi) is 11.5. The van der Waals surface area contributed by atoms with Crippen molar-refractivity contribution in [2.45, 2.75) is 0 Å². The zero-order valence-electron chi connectivity index (χ0n) is 11.2. The summed E-state index contributed by atoms with van der Waals surface area (Å²) in [4.78, 5) is 4.07. The first-order valence-electron chi connectivity index (χ1n) is 5.39. The highest BCUT2D eigenvalue weighted by atomic mass is 33.1. The summed E-state index contributed by atoms with van der Waals surface area (Å²) in [5.41, 5.74) is 0. The van der Waals surface area contributed by atoms with Crippen LogP contribution in [-0.2, 0) is 9.47 Å². The summed E-state index contributed by atoms with van der Waals surface area (Å²) in [7, 11) is 10.6. The SMILES string of the molecule is CN(C)CCOC(=S)SSC(=S)OCCN(C)C. The fourth-order valence-electron chi connectivity index (χ4n) is 0.739. The van der Waals surface area contributed by atoms with Crippen molar-refractivity contribution in [2.24, 2.45) is 0 Å². The van der Waals surface area contributed by atoms with Crippen molar-refractivity contribution in [3.63, 3.8) is 0 Å². The Labute approximate surface area is 128 Å². The van der Waals surface area contributed by atoms with Gasteiger partial charge in [0.15, 0.2) is 0 Å². The molecule has 0 radical (unpaired) electrons. The number of likely N-dealkylation sites (N-methyl/N-ethyl adjacent to an activating group) is 2. The third kappa shape index (κ3) is 12.8. The zero-order valence-corrected chi connectivity index (χ0v) is 14.4. The summed E-state index contributed by atoms with van der Waals surface area (Å²) in [5.74, 6) is 0. The summed E-state index contributed by atoms with van der Waals surface area (Å²) in [6, 6.07) is 0. The summed E-state index contributed by atoms with van der Waals surface area (Å²) >= 11 is 10.1. The van der Waals surface area contributed by atoms with Crippen LogP contribution < -0.4 is 0 Å². The average molecular weight is 329 g/mol. The van der Waals surface area contributed by atoms with Gasteiger partial charge in [-0.1, -0.05) is 0 Å². The molecule has 0 N–H and O–H groups in total. The molecule has 8 heteroatoms. The molecule has 0 atom stereocenters. The Bertz CT molecular complexity index is 236. The number of hydrogen-bond acceptors (Lipinski definition) is 8. The van der Waals surface area contributed by atoms with Crippen molar-refractivity contribution in [1.82, 2.24) is 9.80 Å². The molecular formula is C10H20N2O2S4. The molecule has 0 heterocycles. The van der Waals surface area contributed by atoms with Gasteiger partial charge in [0, 0.05) is 34.7 Å². The van der Waals surface area contributed by atoms with Crippen molar-refractivity contribution in [3.8, 4) is 0 Å². The van der Waals surface area contributed by atoms with Crippen LogP contribution in [0.3, 0.4) is 0 Å². The minimum atomic E-state index is 0.486. The van der Waals surface area contributed by atoms with E-state index < -0.39 is 0 Å². The topological polar surface area (TPSA) is 24.9 Å². The summed E-state index contributed by atoms with van der Waals surface area (Å²) < 4.78 is 11.7.